The highest BCUT2D eigenvalue weighted by atomic mass is 32.2. The number of sulfonamides is 1. The average Bonchev–Trinajstić information content (AvgIpc) is 3.18. The Labute approximate surface area is 150 Å². The second-order valence-corrected chi connectivity index (χ2v) is 9.29. The first-order chi connectivity index (χ1) is 12.0. The molecule has 1 aromatic carbocycles. The molecule has 2 aromatic heterocycles. The van der Waals surface area contributed by atoms with Gasteiger partial charge in [0, 0.05) is 19.0 Å². The third kappa shape index (κ3) is 2.88. The van der Waals surface area contributed by atoms with Crippen molar-refractivity contribution in [1.82, 2.24) is 14.4 Å². The van der Waals surface area contributed by atoms with Crippen LogP contribution in [0, 0.1) is 13.8 Å². The lowest BCUT2D eigenvalue weighted by Gasteiger charge is -2.30. The zero-order chi connectivity index (χ0) is 17.6. The van der Waals surface area contributed by atoms with E-state index >= 15 is 0 Å². The molecule has 1 aliphatic rings. The largest absolute Gasteiger partial charge is 0.360 e. The van der Waals surface area contributed by atoms with Gasteiger partial charge in [-0.2, -0.15) is 4.31 Å². The third-order valence-electron chi connectivity index (χ3n) is 4.68. The molecule has 132 valence electrons. The number of hydrogen-bond acceptors (Lipinski definition) is 6. The number of para-hydroxylation sites is 1. The van der Waals surface area contributed by atoms with E-state index in [0.29, 0.717) is 30.5 Å². The second-order valence-electron chi connectivity index (χ2n) is 6.35. The summed E-state index contributed by atoms with van der Waals surface area (Å²) in [4.78, 5) is 4.94. The van der Waals surface area contributed by atoms with E-state index in [1.54, 1.807) is 29.5 Å². The highest BCUT2D eigenvalue weighted by Gasteiger charge is 2.34. The number of hydrogen-bond donors (Lipinski definition) is 0. The van der Waals surface area contributed by atoms with Gasteiger partial charge in [-0.3, -0.25) is 0 Å². The van der Waals surface area contributed by atoms with Crippen molar-refractivity contribution in [3.8, 4) is 0 Å². The summed E-state index contributed by atoms with van der Waals surface area (Å²) in [5.41, 5.74) is 1.44. The standard InChI is InChI=1S/C17H19N3O3S2/c1-11-16(12(2)23-19-11)25(21,22)20-9-7-13(8-10-20)17-18-14-5-3-4-6-15(14)24-17/h3-6,13H,7-10H2,1-2H3. The number of benzene rings is 1. The summed E-state index contributed by atoms with van der Waals surface area (Å²) in [6, 6.07) is 8.10. The Hall–Kier alpha value is -1.77. The smallest absolute Gasteiger partial charge is 0.248 e. The molecule has 0 unspecified atom stereocenters. The topological polar surface area (TPSA) is 76.3 Å². The summed E-state index contributed by atoms with van der Waals surface area (Å²) >= 11 is 1.71. The Morgan fingerprint density at radius 3 is 2.56 bits per heavy atom. The molecular weight excluding hydrogens is 358 g/mol. The highest BCUT2D eigenvalue weighted by molar-refractivity contribution is 7.89. The van der Waals surface area contributed by atoms with E-state index in [9.17, 15) is 8.42 Å². The van der Waals surface area contributed by atoms with Crippen molar-refractivity contribution >= 4 is 31.6 Å². The summed E-state index contributed by atoms with van der Waals surface area (Å²) in [6.45, 7) is 4.29. The van der Waals surface area contributed by atoms with Crippen molar-refractivity contribution in [3.05, 3.63) is 40.7 Å². The molecule has 0 amide bonds. The molecule has 1 saturated heterocycles. The van der Waals surface area contributed by atoms with Gasteiger partial charge in [-0.15, -0.1) is 11.3 Å². The van der Waals surface area contributed by atoms with Crippen LogP contribution < -0.4 is 0 Å². The molecule has 3 heterocycles. The molecule has 6 nitrogen and oxygen atoms in total. The molecule has 0 spiro atoms. The second kappa shape index (κ2) is 6.19. The zero-order valence-corrected chi connectivity index (χ0v) is 15.7. The van der Waals surface area contributed by atoms with Crippen molar-refractivity contribution in [2.45, 2.75) is 37.5 Å². The van der Waals surface area contributed by atoms with Crippen molar-refractivity contribution in [1.29, 1.82) is 0 Å². The van der Waals surface area contributed by atoms with E-state index in [2.05, 4.69) is 11.2 Å². The maximum Gasteiger partial charge on any atom is 0.248 e. The van der Waals surface area contributed by atoms with Gasteiger partial charge in [0.25, 0.3) is 0 Å². The summed E-state index contributed by atoms with van der Waals surface area (Å²) in [7, 11) is -3.55. The Kier molecular flexibility index (Phi) is 4.13. The highest BCUT2D eigenvalue weighted by Crippen LogP contribution is 2.35. The molecule has 4 rings (SSSR count). The molecule has 0 atom stereocenters. The Morgan fingerprint density at radius 1 is 1.20 bits per heavy atom. The predicted molar refractivity (Wildman–Crippen MR) is 96.3 cm³/mol. The van der Waals surface area contributed by atoms with Crippen LogP contribution in [0.2, 0.25) is 0 Å². The number of fused-ring (bicyclic) bond motifs is 1. The van der Waals surface area contributed by atoms with Gasteiger partial charge in [-0.1, -0.05) is 17.3 Å². The van der Waals surface area contributed by atoms with Gasteiger partial charge in [-0.25, -0.2) is 13.4 Å². The Morgan fingerprint density at radius 2 is 1.92 bits per heavy atom. The summed E-state index contributed by atoms with van der Waals surface area (Å²) in [5.74, 6) is 0.666. The first-order valence-electron chi connectivity index (χ1n) is 8.25. The lowest BCUT2D eigenvalue weighted by molar-refractivity contribution is 0.318. The molecule has 3 aromatic rings. The number of piperidine rings is 1. The number of aryl methyl sites for hydroxylation is 2. The molecular formula is C17H19N3O3S2. The third-order valence-corrected chi connectivity index (χ3v) is 8.02. The lowest BCUT2D eigenvalue weighted by Crippen LogP contribution is -2.38. The minimum atomic E-state index is -3.55. The van der Waals surface area contributed by atoms with Gasteiger partial charge < -0.3 is 4.52 Å². The predicted octanol–water partition coefficient (Wildman–Crippen LogP) is 3.47. The van der Waals surface area contributed by atoms with Crippen molar-refractivity contribution < 1.29 is 12.9 Å². The van der Waals surface area contributed by atoms with Crippen LogP contribution in [-0.4, -0.2) is 36.0 Å². The number of rotatable bonds is 3. The monoisotopic (exact) mass is 377 g/mol. The van der Waals surface area contributed by atoms with Crippen LogP contribution in [0.4, 0.5) is 0 Å². The molecule has 0 N–H and O–H groups in total. The van der Waals surface area contributed by atoms with E-state index in [-0.39, 0.29) is 4.90 Å². The Bertz CT molecular complexity index is 962. The molecule has 0 radical (unpaired) electrons. The van der Waals surface area contributed by atoms with Crippen LogP contribution >= 0.6 is 11.3 Å². The first-order valence-corrected chi connectivity index (χ1v) is 10.5. The van der Waals surface area contributed by atoms with Gasteiger partial charge in [0.05, 0.1) is 15.2 Å². The number of thiazole rings is 1. The van der Waals surface area contributed by atoms with Crippen molar-refractivity contribution in [2.24, 2.45) is 0 Å². The Balaban J connectivity index is 1.53. The van der Waals surface area contributed by atoms with Crippen molar-refractivity contribution in [3.63, 3.8) is 0 Å². The molecule has 0 bridgehead atoms. The maximum absolute atomic E-state index is 12.9. The van der Waals surface area contributed by atoms with E-state index in [0.717, 1.165) is 23.4 Å². The van der Waals surface area contributed by atoms with Crippen LogP contribution in [0.3, 0.4) is 0 Å². The SMILES string of the molecule is Cc1noc(C)c1S(=O)(=O)N1CCC(c2nc3ccccc3s2)CC1. The van der Waals surface area contributed by atoms with Crippen LogP contribution in [0.5, 0.6) is 0 Å². The van der Waals surface area contributed by atoms with E-state index in [1.165, 1.54) is 4.70 Å². The minimum absolute atomic E-state index is 0.214. The molecule has 25 heavy (non-hydrogen) atoms. The molecule has 8 heteroatoms. The fourth-order valence-corrected chi connectivity index (χ4v) is 6.28. The molecule has 0 saturated carbocycles. The van der Waals surface area contributed by atoms with Gasteiger partial charge in [0.2, 0.25) is 10.0 Å². The zero-order valence-electron chi connectivity index (χ0n) is 14.1. The van der Waals surface area contributed by atoms with E-state index < -0.39 is 10.0 Å². The lowest BCUT2D eigenvalue weighted by atomic mass is 9.99. The van der Waals surface area contributed by atoms with E-state index in [4.69, 9.17) is 9.51 Å². The minimum Gasteiger partial charge on any atom is -0.360 e. The summed E-state index contributed by atoms with van der Waals surface area (Å²) < 4.78 is 33.5. The molecule has 0 aliphatic carbocycles. The van der Waals surface area contributed by atoms with Crippen LogP contribution in [0.15, 0.2) is 33.7 Å². The average molecular weight is 377 g/mol. The maximum atomic E-state index is 12.9. The summed E-state index contributed by atoms with van der Waals surface area (Å²) in [6.07, 6.45) is 1.56. The van der Waals surface area contributed by atoms with Gasteiger partial charge >= 0.3 is 0 Å². The van der Waals surface area contributed by atoms with E-state index in [1.807, 2.05) is 18.2 Å². The van der Waals surface area contributed by atoms with Crippen LogP contribution in [0.1, 0.15) is 35.2 Å². The number of nitrogens with zero attached hydrogens (tertiary/aromatic N) is 3. The van der Waals surface area contributed by atoms with Gasteiger partial charge in [-0.05, 0) is 38.8 Å². The van der Waals surface area contributed by atoms with Crippen LogP contribution in [0.25, 0.3) is 10.2 Å². The van der Waals surface area contributed by atoms with Gasteiger partial charge in [0.1, 0.15) is 10.6 Å². The first kappa shape index (κ1) is 16.7. The summed E-state index contributed by atoms with van der Waals surface area (Å²) in [5, 5.41) is 4.88. The normalized spacial score (nSPS) is 17.4. The fraction of sp³-hybridized carbons (Fsp3) is 0.412. The molecule has 1 fully saturated rings. The van der Waals surface area contributed by atoms with Gasteiger partial charge in [0.15, 0.2) is 5.76 Å². The number of aromatic nitrogens is 2. The fourth-order valence-electron chi connectivity index (χ4n) is 3.38. The molecule has 1 aliphatic heterocycles. The van der Waals surface area contributed by atoms with Crippen molar-refractivity contribution in [2.75, 3.05) is 13.1 Å². The van der Waals surface area contributed by atoms with Crippen LogP contribution in [-0.2, 0) is 10.0 Å². The quantitative estimate of drug-likeness (QED) is 0.698.